The lowest BCUT2D eigenvalue weighted by Gasteiger charge is -2.50. The molecular formula is C31H40Cl2F2N4O2. The number of carbonyl (C=O) groups is 2. The van der Waals surface area contributed by atoms with E-state index in [0.717, 1.165) is 82.5 Å². The summed E-state index contributed by atoms with van der Waals surface area (Å²) in [5.41, 5.74) is 0.599. The third kappa shape index (κ3) is 7.39. The molecule has 0 spiro atoms. The molecular weight excluding hydrogens is 569 g/mol. The van der Waals surface area contributed by atoms with Crippen LogP contribution in [0.5, 0.6) is 0 Å². The van der Waals surface area contributed by atoms with Gasteiger partial charge in [0.05, 0.1) is 10.0 Å². The van der Waals surface area contributed by atoms with Crippen molar-refractivity contribution in [3.8, 4) is 0 Å². The fourth-order valence-electron chi connectivity index (χ4n) is 6.28. The van der Waals surface area contributed by atoms with E-state index in [9.17, 15) is 18.4 Å². The standard InChI is InChI=1S/C31H40Cl2F2N4O2/c1-36(2)30(41)31(39-14-5-4-6-15-39)12-17-38(18-13-31)16-11-24(22-7-9-25(32)26(33)19-22)21-37(3)29(40)23-8-10-27(34)28(35)20-23/h7-10,19-20,24H,4-6,11-18,21H2,1-3H3/t24-/m1/s1. The van der Waals surface area contributed by atoms with Crippen molar-refractivity contribution in [3.63, 3.8) is 0 Å². The molecule has 2 fully saturated rings. The molecule has 2 aromatic carbocycles. The summed E-state index contributed by atoms with van der Waals surface area (Å²) in [5.74, 6) is -2.30. The minimum Gasteiger partial charge on any atom is -0.347 e. The van der Waals surface area contributed by atoms with E-state index in [0.29, 0.717) is 16.6 Å². The van der Waals surface area contributed by atoms with Crippen LogP contribution in [-0.2, 0) is 4.79 Å². The Morgan fingerprint density at radius 1 is 0.902 bits per heavy atom. The highest BCUT2D eigenvalue weighted by atomic mass is 35.5. The van der Waals surface area contributed by atoms with Gasteiger partial charge in [-0.05, 0) is 87.6 Å². The van der Waals surface area contributed by atoms with Gasteiger partial charge in [-0.1, -0.05) is 35.7 Å². The summed E-state index contributed by atoms with van der Waals surface area (Å²) in [6, 6.07) is 8.70. The Bertz CT molecular complexity index is 1230. The molecule has 0 unspecified atom stereocenters. The van der Waals surface area contributed by atoms with E-state index in [-0.39, 0.29) is 23.3 Å². The molecule has 2 saturated heterocycles. The van der Waals surface area contributed by atoms with Gasteiger partial charge in [0.1, 0.15) is 5.54 Å². The van der Waals surface area contributed by atoms with E-state index >= 15 is 0 Å². The zero-order valence-corrected chi connectivity index (χ0v) is 25.7. The molecule has 41 heavy (non-hydrogen) atoms. The average molecular weight is 610 g/mol. The Kier molecular flexibility index (Phi) is 10.7. The Balaban J connectivity index is 1.46. The molecule has 0 aromatic heterocycles. The Hall–Kier alpha value is -2.26. The van der Waals surface area contributed by atoms with Crippen molar-refractivity contribution >= 4 is 35.0 Å². The largest absolute Gasteiger partial charge is 0.347 e. The van der Waals surface area contributed by atoms with Crippen LogP contribution in [0.25, 0.3) is 0 Å². The van der Waals surface area contributed by atoms with Gasteiger partial charge < -0.3 is 14.7 Å². The molecule has 1 atom stereocenters. The summed E-state index contributed by atoms with van der Waals surface area (Å²) in [5, 5.41) is 0.895. The van der Waals surface area contributed by atoms with Gasteiger partial charge in [-0.3, -0.25) is 14.5 Å². The van der Waals surface area contributed by atoms with Crippen LogP contribution in [0.15, 0.2) is 36.4 Å². The highest BCUT2D eigenvalue weighted by molar-refractivity contribution is 6.42. The van der Waals surface area contributed by atoms with Crippen molar-refractivity contribution in [1.29, 1.82) is 0 Å². The van der Waals surface area contributed by atoms with Crippen LogP contribution < -0.4 is 0 Å². The van der Waals surface area contributed by atoms with Crippen molar-refractivity contribution in [2.24, 2.45) is 0 Å². The van der Waals surface area contributed by atoms with E-state index in [1.165, 1.54) is 17.4 Å². The molecule has 2 heterocycles. The van der Waals surface area contributed by atoms with E-state index in [1.54, 1.807) is 18.0 Å². The van der Waals surface area contributed by atoms with E-state index in [2.05, 4.69) is 9.80 Å². The molecule has 2 aromatic rings. The monoisotopic (exact) mass is 608 g/mol. The predicted octanol–water partition coefficient (Wildman–Crippen LogP) is 5.93. The fraction of sp³-hybridized carbons (Fsp3) is 0.548. The first-order valence-electron chi connectivity index (χ1n) is 14.4. The lowest BCUT2D eigenvalue weighted by Crippen LogP contribution is -2.64. The lowest BCUT2D eigenvalue weighted by molar-refractivity contribution is -0.147. The van der Waals surface area contributed by atoms with Crippen molar-refractivity contribution in [3.05, 3.63) is 69.2 Å². The van der Waals surface area contributed by atoms with E-state index in [4.69, 9.17) is 23.2 Å². The third-order valence-electron chi connectivity index (χ3n) is 8.67. The van der Waals surface area contributed by atoms with Crippen molar-refractivity contribution < 1.29 is 18.4 Å². The number of hydrogen-bond donors (Lipinski definition) is 0. The second-order valence-corrected chi connectivity index (χ2v) is 12.4. The second-order valence-electron chi connectivity index (χ2n) is 11.6. The minimum absolute atomic E-state index is 0.0683. The SMILES string of the molecule is CN(C)C(=O)C1(N2CCCCC2)CCN(CC[C@H](CN(C)C(=O)c2ccc(F)c(F)c2)c2ccc(Cl)c(Cl)c2)CC1. The summed E-state index contributed by atoms with van der Waals surface area (Å²) >= 11 is 12.5. The van der Waals surface area contributed by atoms with Crippen molar-refractivity contribution in [2.75, 3.05) is 60.4 Å². The van der Waals surface area contributed by atoms with Crippen LogP contribution in [0.1, 0.15) is 60.4 Å². The highest BCUT2D eigenvalue weighted by Crippen LogP contribution is 2.34. The first kappa shape index (κ1) is 31.7. The molecule has 224 valence electrons. The van der Waals surface area contributed by atoms with Gasteiger partial charge in [-0.25, -0.2) is 8.78 Å². The topological polar surface area (TPSA) is 47.1 Å². The average Bonchev–Trinajstić information content (AvgIpc) is 2.98. The number of piperidine rings is 2. The van der Waals surface area contributed by atoms with Crippen LogP contribution in [0.3, 0.4) is 0 Å². The molecule has 10 heteroatoms. The maximum Gasteiger partial charge on any atom is 0.253 e. The van der Waals surface area contributed by atoms with Gasteiger partial charge in [-0.2, -0.15) is 0 Å². The number of likely N-dealkylation sites (tertiary alicyclic amines) is 2. The molecule has 4 rings (SSSR count). The molecule has 2 amide bonds. The van der Waals surface area contributed by atoms with E-state index in [1.807, 2.05) is 26.2 Å². The van der Waals surface area contributed by atoms with Gasteiger partial charge in [-0.15, -0.1) is 0 Å². The van der Waals surface area contributed by atoms with Crippen molar-refractivity contribution in [2.45, 2.75) is 50.0 Å². The summed E-state index contributed by atoms with van der Waals surface area (Å²) in [6.45, 7) is 4.71. The number of hydrogen-bond acceptors (Lipinski definition) is 4. The van der Waals surface area contributed by atoms with E-state index < -0.39 is 17.2 Å². The first-order chi connectivity index (χ1) is 19.5. The molecule has 0 bridgehead atoms. The second kappa shape index (κ2) is 13.8. The number of benzene rings is 2. The molecule has 2 aliphatic heterocycles. The van der Waals surface area contributed by atoms with Gasteiger partial charge in [0.2, 0.25) is 5.91 Å². The smallest absolute Gasteiger partial charge is 0.253 e. The third-order valence-corrected chi connectivity index (χ3v) is 9.40. The molecule has 0 radical (unpaired) electrons. The molecule has 2 aliphatic rings. The van der Waals surface area contributed by atoms with Gasteiger partial charge >= 0.3 is 0 Å². The highest BCUT2D eigenvalue weighted by Gasteiger charge is 2.47. The van der Waals surface area contributed by atoms with Crippen LogP contribution in [0, 0.1) is 11.6 Å². The predicted molar refractivity (Wildman–Crippen MR) is 160 cm³/mol. The van der Waals surface area contributed by atoms with Gasteiger partial charge in [0.25, 0.3) is 5.91 Å². The van der Waals surface area contributed by atoms with Crippen molar-refractivity contribution in [1.82, 2.24) is 19.6 Å². The van der Waals surface area contributed by atoms with Crippen LogP contribution in [0.4, 0.5) is 8.78 Å². The number of rotatable bonds is 9. The van der Waals surface area contributed by atoms with Gasteiger partial charge in [0, 0.05) is 52.3 Å². The maximum atomic E-state index is 13.8. The Morgan fingerprint density at radius 3 is 2.20 bits per heavy atom. The lowest BCUT2D eigenvalue weighted by atomic mass is 9.82. The first-order valence-corrected chi connectivity index (χ1v) is 15.1. The summed E-state index contributed by atoms with van der Waals surface area (Å²) in [7, 11) is 5.36. The zero-order valence-electron chi connectivity index (χ0n) is 24.1. The summed E-state index contributed by atoms with van der Waals surface area (Å²) < 4.78 is 27.2. The Morgan fingerprint density at radius 2 is 1.59 bits per heavy atom. The summed E-state index contributed by atoms with van der Waals surface area (Å²) in [4.78, 5) is 34.6. The molecule has 0 N–H and O–H groups in total. The number of halogens is 4. The van der Waals surface area contributed by atoms with Crippen LogP contribution in [0.2, 0.25) is 10.0 Å². The Labute approximate surface area is 252 Å². The summed E-state index contributed by atoms with van der Waals surface area (Å²) in [6.07, 6.45) is 5.80. The van der Waals surface area contributed by atoms with Crippen LogP contribution >= 0.6 is 23.2 Å². The normalized spacial score (nSPS) is 18.6. The van der Waals surface area contributed by atoms with Gasteiger partial charge in [0.15, 0.2) is 11.6 Å². The molecule has 0 saturated carbocycles. The number of likely N-dealkylation sites (N-methyl/N-ethyl adjacent to an activating group) is 2. The zero-order chi connectivity index (χ0) is 29.7. The number of nitrogens with zero attached hydrogens (tertiary/aromatic N) is 4. The maximum absolute atomic E-state index is 13.8. The quantitative estimate of drug-likeness (QED) is 0.354. The minimum atomic E-state index is -1.05. The molecule has 6 nitrogen and oxygen atoms in total. The number of amides is 2. The number of carbonyl (C=O) groups excluding carboxylic acids is 2. The molecule has 0 aliphatic carbocycles. The van der Waals surface area contributed by atoms with Crippen LogP contribution in [-0.4, -0.2) is 97.4 Å². The fourth-order valence-corrected chi connectivity index (χ4v) is 6.59.